The summed E-state index contributed by atoms with van der Waals surface area (Å²) in [7, 11) is 1.63. The van der Waals surface area contributed by atoms with Crippen LogP contribution >= 0.6 is 0 Å². The summed E-state index contributed by atoms with van der Waals surface area (Å²) in [6, 6.07) is 27.0. The lowest BCUT2D eigenvalue weighted by Crippen LogP contribution is -2.53. The first-order valence-corrected chi connectivity index (χ1v) is 11.5. The Kier molecular flexibility index (Phi) is 4.74. The second-order valence-electron chi connectivity index (χ2n) is 8.74. The predicted octanol–water partition coefficient (Wildman–Crippen LogP) is 4.88. The molecule has 0 aliphatic carbocycles. The fraction of sp³-hybridized carbons (Fsp3) is 0.179. The van der Waals surface area contributed by atoms with Gasteiger partial charge in [0.2, 0.25) is 11.5 Å². The van der Waals surface area contributed by atoms with Crippen LogP contribution in [0.4, 0.5) is 5.69 Å². The van der Waals surface area contributed by atoms with Crippen LogP contribution in [0.1, 0.15) is 29.7 Å². The third-order valence-electron chi connectivity index (χ3n) is 6.74. The number of anilines is 1. The Balaban J connectivity index is 1.58. The van der Waals surface area contributed by atoms with Crippen molar-refractivity contribution < 1.29 is 14.3 Å². The average molecular weight is 465 g/mol. The SMILES string of the molecule is COc1cccc(C2c3c(C)nn(-c4ccccc4)c3OC23C(=O)N(c2ccccc2)N=C3C)c1. The summed E-state index contributed by atoms with van der Waals surface area (Å²) in [6.45, 7) is 3.81. The first-order chi connectivity index (χ1) is 17.0. The quantitative estimate of drug-likeness (QED) is 0.432. The minimum Gasteiger partial charge on any atom is -0.497 e. The van der Waals surface area contributed by atoms with E-state index in [1.54, 1.807) is 11.8 Å². The Labute approximate surface area is 203 Å². The van der Waals surface area contributed by atoms with E-state index >= 15 is 0 Å². The molecule has 2 aliphatic rings. The number of benzene rings is 3. The van der Waals surface area contributed by atoms with Crippen molar-refractivity contribution in [2.24, 2.45) is 5.10 Å². The summed E-state index contributed by atoms with van der Waals surface area (Å²) < 4.78 is 14.0. The summed E-state index contributed by atoms with van der Waals surface area (Å²) >= 11 is 0. The van der Waals surface area contributed by atoms with Crippen LogP contribution in [0.25, 0.3) is 5.69 Å². The number of hydrogen-bond donors (Lipinski definition) is 0. The molecule has 6 rings (SSSR count). The maximum atomic E-state index is 14.2. The molecule has 1 spiro atoms. The molecule has 35 heavy (non-hydrogen) atoms. The molecule has 0 saturated heterocycles. The predicted molar refractivity (Wildman–Crippen MR) is 134 cm³/mol. The van der Waals surface area contributed by atoms with Gasteiger partial charge in [0, 0.05) is 5.56 Å². The maximum absolute atomic E-state index is 14.2. The first kappa shape index (κ1) is 21.2. The number of fused-ring (bicyclic) bond motifs is 1. The van der Waals surface area contributed by atoms with Crippen LogP contribution in [-0.4, -0.2) is 34.1 Å². The van der Waals surface area contributed by atoms with Crippen LogP contribution in [0.5, 0.6) is 11.6 Å². The zero-order chi connectivity index (χ0) is 24.2. The number of para-hydroxylation sites is 2. The number of aryl methyl sites for hydroxylation is 1. The molecular weight excluding hydrogens is 440 g/mol. The highest BCUT2D eigenvalue weighted by Crippen LogP contribution is 2.54. The van der Waals surface area contributed by atoms with Crippen molar-refractivity contribution in [1.29, 1.82) is 0 Å². The molecule has 1 amide bonds. The number of nitrogens with zero attached hydrogens (tertiary/aromatic N) is 4. The van der Waals surface area contributed by atoms with E-state index in [0.717, 1.165) is 22.5 Å². The largest absolute Gasteiger partial charge is 0.497 e. The number of ether oxygens (including phenoxy) is 2. The van der Waals surface area contributed by atoms with Gasteiger partial charge in [-0.1, -0.05) is 48.5 Å². The van der Waals surface area contributed by atoms with Crippen LogP contribution < -0.4 is 14.5 Å². The minimum absolute atomic E-state index is 0.232. The fourth-order valence-corrected chi connectivity index (χ4v) is 5.11. The van der Waals surface area contributed by atoms with Crippen LogP contribution in [0.2, 0.25) is 0 Å². The van der Waals surface area contributed by atoms with Gasteiger partial charge in [-0.15, -0.1) is 0 Å². The molecule has 7 nitrogen and oxygen atoms in total. The molecule has 2 unspecified atom stereocenters. The summed E-state index contributed by atoms with van der Waals surface area (Å²) in [6.07, 6.45) is 0. The lowest BCUT2D eigenvalue weighted by atomic mass is 9.76. The number of aromatic nitrogens is 2. The number of carbonyl (C=O) groups is 1. The third kappa shape index (κ3) is 3.01. The van der Waals surface area contributed by atoms with Crippen molar-refractivity contribution in [2.45, 2.75) is 25.4 Å². The van der Waals surface area contributed by atoms with Crippen molar-refractivity contribution >= 4 is 17.3 Å². The number of hydrazone groups is 1. The molecular formula is C28H24N4O3. The molecule has 0 N–H and O–H groups in total. The van der Waals surface area contributed by atoms with Crippen molar-refractivity contribution in [1.82, 2.24) is 9.78 Å². The topological polar surface area (TPSA) is 69.0 Å². The number of methoxy groups -OCH3 is 1. The number of hydrogen-bond acceptors (Lipinski definition) is 5. The number of amides is 1. The Hall–Kier alpha value is -4.39. The van der Waals surface area contributed by atoms with Gasteiger partial charge in [-0.2, -0.15) is 15.2 Å². The Morgan fingerprint density at radius 2 is 1.60 bits per heavy atom. The molecule has 1 aromatic heterocycles. The lowest BCUT2D eigenvalue weighted by Gasteiger charge is -2.30. The van der Waals surface area contributed by atoms with Gasteiger partial charge in [-0.25, -0.2) is 4.68 Å². The highest BCUT2D eigenvalue weighted by atomic mass is 16.5. The van der Waals surface area contributed by atoms with Crippen LogP contribution in [0, 0.1) is 6.92 Å². The molecule has 3 heterocycles. The summed E-state index contributed by atoms with van der Waals surface area (Å²) in [5, 5.41) is 10.9. The van der Waals surface area contributed by atoms with E-state index in [-0.39, 0.29) is 5.91 Å². The standard InChI is InChI=1S/C28H24N4O3/c1-18-24-25(20-11-10-16-23(17-20)34-3)28(35-26(24)31(29-18)21-12-6-4-7-13-21)19(2)30-32(27(28)33)22-14-8-5-9-15-22/h4-17,25H,1-3H3. The van der Waals surface area contributed by atoms with E-state index in [0.29, 0.717) is 23.0 Å². The van der Waals surface area contributed by atoms with Gasteiger partial charge in [0.15, 0.2) is 0 Å². The van der Waals surface area contributed by atoms with Gasteiger partial charge < -0.3 is 9.47 Å². The molecule has 4 aromatic rings. The van der Waals surface area contributed by atoms with Gasteiger partial charge >= 0.3 is 0 Å². The monoisotopic (exact) mass is 464 g/mol. The average Bonchev–Trinajstić information content (AvgIpc) is 3.51. The van der Waals surface area contributed by atoms with Gasteiger partial charge in [0.05, 0.1) is 35.8 Å². The smallest absolute Gasteiger partial charge is 0.298 e. The highest BCUT2D eigenvalue weighted by molar-refractivity contribution is 6.23. The molecule has 0 fully saturated rings. The maximum Gasteiger partial charge on any atom is 0.298 e. The zero-order valence-electron chi connectivity index (χ0n) is 19.7. The highest BCUT2D eigenvalue weighted by Gasteiger charge is 2.64. The fourth-order valence-electron chi connectivity index (χ4n) is 5.11. The molecule has 0 bridgehead atoms. The van der Waals surface area contributed by atoms with Crippen molar-refractivity contribution in [3.63, 3.8) is 0 Å². The van der Waals surface area contributed by atoms with Crippen molar-refractivity contribution in [3.05, 3.63) is 102 Å². The molecule has 2 aliphatic heterocycles. The molecule has 0 saturated carbocycles. The number of rotatable bonds is 4. The summed E-state index contributed by atoms with van der Waals surface area (Å²) in [5.41, 5.74) is 3.38. The molecule has 0 radical (unpaired) electrons. The lowest BCUT2D eigenvalue weighted by molar-refractivity contribution is -0.127. The van der Waals surface area contributed by atoms with Gasteiger partial charge in [0.1, 0.15) is 5.75 Å². The van der Waals surface area contributed by atoms with Crippen molar-refractivity contribution in [3.8, 4) is 17.3 Å². The Morgan fingerprint density at radius 1 is 0.914 bits per heavy atom. The second kappa shape index (κ2) is 7.84. The molecule has 174 valence electrons. The van der Waals surface area contributed by atoms with E-state index in [2.05, 4.69) is 0 Å². The van der Waals surface area contributed by atoms with E-state index in [1.165, 1.54) is 5.01 Å². The molecule has 2 atom stereocenters. The zero-order valence-corrected chi connectivity index (χ0v) is 19.7. The second-order valence-corrected chi connectivity index (χ2v) is 8.74. The van der Waals surface area contributed by atoms with Crippen molar-refractivity contribution in [2.75, 3.05) is 12.1 Å². The summed E-state index contributed by atoms with van der Waals surface area (Å²) in [5.74, 6) is 0.581. The van der Waals surface area contributed by atoms with Gasteiger partial charge in [-0.3, -0.25) is 4.79 Å². The Bertz CT molecular complexity index is 1460. The van der Waals surface area contributed by atoms with E-state index in [4.69, 9.17) is 19.7 Å². The molecule has 3 aromatic carbocycles. The van der Waals surface area contributed by atoms with Gasteiger partial charge in [-0.05, 0) is 55.8 Å². The minimum atomic E-state index is -1.34. The van der Waals surface area contributed by atoms with Crippen LogP contribution in [-0.2, 0) is 4.79 Å². The first-order valence-electron chi connectivity index (χ1n) is 11.5. The third-order valence-corrected chi connectivity index (χ3v) is 6.74. The Morgan fingerprint density at radius 3 is 2.29 bits per heavy atom. The number of carbonyl (C=O) groups excluding carboxylic acids is 1. The van der Waals surface area contributed by atoms with Gasteiger partial charge in [0.25, 0.3) is 5.91 Å². The van der Waals surface area contributed by atoms with Crippen LogP contribution in [0.15, 0.2) is 90.0 Å². The van der Waals surface area contributed by atoms with Crippen LogP contribution in [0.3, 0.4) is 0 Å². The summed E-state index contributed by atoms with van der Waals surface area (Å²) in [4.78, 5) is 14.2. The van der Waals surface area contributed by atoms with E-state index < -0.39 is 11.5 Å². The normalized spacial score (nSPS) is 20.7. The van der Waals surface area contributed by atoms with E-state index in [9.17, 15) is 4.79 Å². The van der Waals surface area contributed by atoms with E-state index in [1.807, 2.05) is 98.8 Å². The molecule has 7 heteroatoms.